The first kappa shape index (κ1) is 22.7. The van der Waals surface area contributed by atoms with Gasteiger partial charge in [-0.1, -0.05) is 6.07 Å². The van der Waals surface area contributed by atoms with Gasteiger partial charge >= 0.3 is 0 Å². The summed E-state index contributed by atoms with van der Waals surface area (Å²) in [5.74, 6) is -0.0135. The normalized spacial score (nSPS) is 17.8. The number of anilines is 4. The SMILES string of the molecule is Cc1ccc(Nc2cc(NC3CCC(O)CC3)nn3c(C(=O)Nc4ccnc(F)c4)cnc23)nc1. The zero-order valence-corrected chi connectivity index (χ0v) is 19.1. The molecule has 1 aliphatic rings. The smallest absolute Gasteiger partial charge is 0.276 e. The van der Waals surface area contributed by atoms with Crippen molar-refractivity contribution in [2.24, 2.45) is 0 Å². The van der Waals surface area contributed by atoms with Crippen LogP contribution in [0.15, 0.2) is 48.9 Å². The van der Waals surface area contributed by atoms with Gasteiger partial charge in [-0.2, -0.15) is 4.39 Å². The Morgan fingerprint density at radius 2 is 1.89 bits per heavy atom. The van der Waals surface area contributed by atoms with E-state index >= 15 is 0 Å². The maximum absolute atomic E-state index is 13.5. The number of nitrogens with one attached hydrogen (secondary N) is 3. The number of hydrogen-bond donors (Lipinski definition) is 4. The number of imidazole rings is 1. The fourth-order valence-electron chi connectivity index (χ4n) is 4.07. The number of fused-ring (bicyclic) bond motifs is 1. The molecule has 5 rings (SSSR count). The molecule has 0 aromatic carbocycles. The van der Waals surface area contributed by atoms with Gasteiger partial charge in [0.15, 0.2) is 11.3 Å². The molecule has 0 aliphatic heterocycles. The van der Waals surface area contributed by atoms with Crippen molar-refractivity contribution < 1.29 is 14.3 Å². The summed E-state index contributed by atoms with van der Waals surface area (Å²) in [7, 11) is 0. The zero-order chi connectivity index (χ0) is 24.4. The van der Waals surface area contributed by atoms with Crippen LogP contribution in [-0.2, 0) is 0 Å². The predicted molar refractivity (Wildman–Crippen MR) is 129 cm³/mol. The Morgan fingerprint density at radius 1 is 1.06 bits per heavy atom. The highest BCUT2D eigenvalue weighted by Crippen LogP contribution is 2.27. The summed E-state index contributed by atoms with van der Waals surface area (Å²) in [5.41, 5.74) is 2.53. The number of amides is 1. The van der Waals surface area contributed by atoms with E-state index in [4.69, 9.17) is 0 Å². The van der Waals surface area contributed by atoms with Crippen molar-refractivity contribution in [2.45, 2.75) is 44.8 Å². The number of nitrogens with zero attached hydrogens (tertiary/aromatic N) is 5. The summed E-state index contributed by atoms with van der Waals surface area (Å²) in [4.78, 5) is 25.3. The summed E-state index contributed by atoms with van der Waals surface area (Å²) < 4.78 is 14.9. The minimum atomic E-state index is -0.694. The number of aryl methyl sites for hydroxylation is 1. The molecule has 0 atom stereocenters. The molecule has 0 bridgehead atoms. The average molecular weight is 477 g/mol. The molecule has 11 heteroatoms. The first-order valence-electron chi connectivity index (χ1n) is 11.4. The van der Waals surface area contributed by atoms with Crippen LogP contribution in [0.25, 0.3) is 5.65 Å². The number of aliphatic hydroxyl groups is 1. The number of carbonyl (C=O) groups excluding carboxylic acids is 1. The Kier molecular flexibility index (Phi) is 6.23. The predicted octanol–water partition coefficient (Wildman–Crippen LogP) is 3.68. The zero-order valence-electron chi connectivity index (χ0n) is 19.1. The highest BCUT2D eigenvalue weighted by atomic mass is 19.1. The number of rotatable bonds is 6. The van der Waals surface area contributed by atoms with Gasteiger partial charge in [-0.05, 0) is 50.3 Å². The van der Waals surface area contributed by atoms with E-state index in [1.807, 2.05) is 25.1 Å². The van der Waals surface area contributed by atoms with Gasteiger partial charge in [-0.3, -0.25) is 4.79 Å². The van der Waals surface area contributed by atoms with Crippen LogP contribution < -0.4 is 16.0 Å². The number of aromatic nitrogens is 5. The van der Waals surface area contributed by atoms with E-state index < -0.39 is 11.9 Å². The monoisotopic (exact) mass is 476 g/mol. The van der Waals surface area contributed by atoms with Gasteiger partial charge in [0.2, 0.25) is 5.95 Å². The Labute approximate surface area is 200 Å². The van der Waals surface area contributed by atoms with E-state index in [-0.39, 0.29) is 23.5 Å². The van der Waals surface area contributed by atoms with E-state index in [2.05, 4.69) is 36.0 Å². The van der Waals surface area contributed by atoms with E-state index in [0.29, 0.717) is 23.0 Å². The maximum Gasteiger partial charge on any atom is 0.276 e. The lowest BCUT2D eigenvalue weighted by molar-refractivity contribution is 0.102. The van der Waals surface area contributed by atoms with Crippen molar-refractivity contribution >= 4 is 34.6 Å². The number of halogens is 1. The van der Waals surface area contributed by atoms with Crippen molar-refractivity contribution in [2.75, 3.05) is 16.0 Å². The van der Waals surface area contributed by atoms with Gasteiger partial charge in [0.25, 0.3) is 5.91 Å². The molecule has 0 spiro atoms. The third-order valence-corrected chi connectivity index (χ3v) is 5.91. The van der Waals surface area contributed by atoms with Gasteiger partial charge < -0.3 is 21.1 Å². The van der Waals surface area contributed by atoms with Crippen molar-refractivity contribution in [1.82, 2.24) is 24.6 Å². The second-order valence-corrected chi connectivity index (χ2v) is 8.64. The van der Waals surface area contributed by atoms with E-state index in [1.54, 1.807) is 6.20 Å². The van der Waals surface area contributed by atoms with Gasteiger partial charge in [0.1, 0.15) is 11.6 Å². The van der Waals surface area contributed by atoms with Crippen LogP contribution >= 0.6 is 0 Å². The Balaban J connectivity index is 1.49. The summed E-state index contributed by atoms with van der Waals surface area (Å²) in [6.07, 6.45) is 7.25. The summed E-state index contributed by atoms with van der Waals surface area (Å²) in [6.45, 7) is 1.96. The molecule has 1 saturated carbocycles. The summed E-state index contributed by atoms with van der Waals surface area (Å²) in [6, 6.07) is 8.41. The molecule has 180 valence electrons. The molecule has 10 nitrogen and oxygen atoms in total. The minimum absolute atomic E-state index is 0.147. The van der Waals surface area contributed by atoms with Gasteiger partial charge in [-0.15, -0.1) is 5.10 Å². The first-order valence-corrected chi connectivity index (χ1v) is 11.4. The van der Waals surface area contributed by atoms with Crippen molar-refractivity contribution in [3.8, 4) is 0 Å². The molecule has 0 radical (unpaired) electrons. The third-order valence-electron chi connectivity index (χ3n) is 5.91. The molecule has 1 amide bonds. The van der Waals surface area contributed by atoms with Crippen molar-refractivity contribution in [3.05, 3.63) is 66.1 Å². The quantitative estimate of drug-likeness (QED) is 0.310. The Hall–Kier alpha value is -4.12. The van der Waals surface area contributed by atoms with Crippen molar-refractivity contribution in [1.29, 1.82) is 0 Å². The van der Waals surface area contributed by atoms with Crippen LogP contribution in [0.4, 0.5) is 27.4 Å². The molecular weight excluding hydrogens is 451 g/mol. The Morgan fingerprint density at radius 3 is 2.63 bits per heavy atom. The molecule has 0 saturated heterocycles. The molecule has 4 aromatic rings. The maximum atomic E-state index is 13.5. The first-order chi connectivity index (χ1) is 16.9. The Bertz CT molecular complexity index is 1350. The molecule has 4 N–H and O–H groups in total. The van der Waals surface area contributed by atoms with Crippen LogP contribution in [0.1, 0.15) is 41.7 Å². The van der Waals surface area contributed by atoms with E-state index in [0.717, 1.165) is 37.3 Å². The number of hydrogen-bond acceptors (Lipinski definition) is 8. The minimum Gasteiger partial charge on any atom is -0.393 e. The second kappa shape index (κ2) is 9.63. The lowest BCUT2D eigenvalue weighted by Gasteiger charge is -2.26. The summed E-state index contributed by atoms with van der Waals surface area (Å²) in [5, 5.41) is 23.8. The van der Waals surface area contributed by atoms with Crippen molar-refractivity contribution in [3.63, 3.8) is 0 Å². The highest BCUT2D eigenvalue weighted by Gasteiger charge is 2.22. The molecule has 4 heterocycles. The largest absolute Gasteiger partial charge is 0.393 e. The topological polar surface area (TPSA) is 129 Å². The van der Waals surface area contributed by atoms with E-state index in [1.165, 1.54) is 23.0 Å². The van der Waals surface area contributed by atoms with E-state index in [9.17, 15) is 14.3 Å². The van der Waals surface area contributed by atoms with Crippen LogP contribution in [-0.4, -0.2) is 47.7 Å². The lowest BCUT2D eigenvalue weighted by atomic mass is 9.93. The fourth-order valence-corrected chi connectivity index (χ4v) is 4.07. The molecule has 1 aliphatic carbocycles. The van der Waals surface area contributed by atoms with Crippen LogP contribution in [0, 0.1) is 12.9 Å². The molecule has 1 fully saturated rings. The molecule has 0 unspecified atom stereocenters. The van der Waals surface area contributed by atoms with Gasteiger partial charge in [0, 0.05) is 36.3 Å². The van der Waals surface area contributed by atoms with Crippen LogP contribution in [0.5, 0.6) is 0 Å². The lowest BCUT2D eigenvalue weighted by Crippen LogP contribution is -2.29. The van der Waals surface area contributed by atoms with Crippen LogP contribution in [0.3, 0.4) is 0 Å². The third kappa shape index (κ3) is 5.19. The standard InChI is InChI=1S/C24H25FN8O2/c1-14-2-7-21(27-12-14)31-18-11-22(29-15-3-5-17(34)6-4-15)32-33-19(13-28-23(18)33)24(35)30-16-8-9-26-20(25)10-16/h2,7-13,15,17,34H,3-6H2,1H3,(H,27,31)(H,29,32)(H,26,30,35). The number of carbonyl (C=O) groups is 1. The molecular formula is C24H25FN8O2. The summed E-state index contributed by atoms with van der Waals surface area (Å²) >= 11 is 0. The number of aliphatic hydroxyl groups excluding tert-OH is 1. The second-order valence-electron chi connectivity index (χ2n) is 8.64. The van der Waals surface area contributed by atoms with Gasteiger partial charge in [0.05, 0.1) is 18.0 Å². The highest BCUT2D eigenvalue weighted by molar-refractivity contribution is 6.03. The fraction of sp³-hybridized carbons (Fsp3) is 0.292. The molecule has 35 heavy (non-hydrogen) atoms. The molecule has 4 aromatic heterocycles. The number of pyridine rings is 2. The van der Waals surface area contributed by atoms with Crippen LogP contribution in [0.2, 0.25) is 0 Å². The van der Waals surface area contributed by atoms with Gasteiger partial charge in [-0.25, -0.2) is 19.5 Å². The average Bonchev–Trinajstić information content (AvgIpc) is 3.26.